The molecule has 4 aromatic heterocycles. The van der Waals surface area contributed by atoms with E-state index >= 15 is 0 Å². The molecule has 0 aliphatic carbocycles. The molecule has 47 heavy (non-hydrogen) atoms. The van der Waals surface area contributed by atoms with Crippen LogP contribution in [0.4, 0.5) is 5.69 Å². The Bertz CT molecular complexity index is 1840. The Kier molecular flexibility index (Phi) is 11.1. The van der Waals surface area contributed by atoms with Gasteiger partial charge in [-0.15, -0.1) is 0 Å². The van der Waals surface area contributed by atoms with Crippen molar-refractivity contribution in [3.05, 3.63) is 70.2 Å². The maximum Gasteiger partial charge on any atom is 0.315 e. The normalized spacial score (nSPS) is 11.7. The molecule has 1 amide bonds. The fourth-order valence-electron chi connectivity index (χ4n) is 3.95. The molecule has 0 aliphatic rings. The molecule has 5 rings (SSSR count). The van der Waals surface area contributed by atoms with Crippen LogP contribution in [0.1, 0.15) is 105 Å². The van der Waals surface area contributed by atoms with E-state index in [2.05, 4.69) is 70.1 Å². The van der Waals surface area contributed by atoms with Crippen LogP contribution in [0.25, 0.3) is 33.7 Å². The van der Waals surface area contributed by atoms with E-state index in [1.165, 1.54) is 6.07 Å². The van der Waals surface area contributed by atoms with Crippen LogP contribution in [-0.2, 0) is 12.0 Å². The number of pyridine rings is 1. The lowest BCUT2D eigenvalue weighted by atomic mass is 9.84. The number of imidazole rings is 1. The highest BCUT2D eigenvalue weighted by Gasteiger charge is 2.25. The van der Waals surface area contributed by atoms with Crippen molar-refractivity contribution in [2.24, 2.45) is 11.3 Å². The number of fused-ring (bicyclic) bond motifs is 1. The number of nitro groups is 1. The van der Waals surface area contributed by atoms with E-state index in [1.54, 1.807) is 30.6 Å². The molecular formula is C34H47N9O4. The Labute approximate surface area is 275 Å². The summed E-state index contributed by atoms with van der Waals surface area (Å²) in [4.78, 5) is 40.4. The molecule has 0 radical (unpaired) electrons. The number of aromatic nitrogens is 7. The van der Waals surface area contributed by atoms with E-state index < -0.39 is 10.8 Å². The molecule has 2 N–H and O–H groups in total. The summed E-state index contributed by atoms with van der Waals surface area (Å²) in [7, 11) is 0. The highest BCUT2D eigenvalue weighted by molar-refractivity contribution is 5.92. The maximum atomic E-state index is 12.5. The third-order valence-corrected chi connectivity index (χ3v) is 7.85. The molecule has 4 heterocycles. The number of carbonyl (C=O) groups excluding carboxylic acids is 1. The van der Waals surface area contributed by atoms with Gasteiger partial charge in [0.15, 0.2) is 11.5 Å². The van der Waals surface area contributed by atoms with Crippen molar-refractivity contribution < 1.29 is 14.2 Å². The Hall–Kier alpha value is -4.94. The van der Waals surface area contributed by atoms with E-state index in [0.29, 0.717) is 44.9 Å². The second-order valence-corrected chi connectivity index (χ2v) is 13.9. The smallest absolute Gasteiger partial charge is 0.315 e. The summed E-state index contributed by atoms with van der Waals surface area (Å²) < 4.78 is 6.89. The first-order valence-corrected chi connectivity index (χ1v) is 15.2. The standard InChI is InChI=1S/C26H27N9O4.C7H16.CH4/c1-14(2)34-13-17(12-29-34)21-30-20-18(8-9-27-22(20)31-21)15-6-7-16(19(10-15)35(37)38)11-28-23(36)24-32-25(33-39-24)26(3,4)5;1-6(2)7(3,4)5;/h6-10,12-14H,11H2,1-5H3,(H,28,36)(H,27,30,31);6H,1-5H3;1H4. The first-order chi connectivity index (χ1) is 21.5. The number of amides is 1. The molecule has 0 fully saturated rings. The third kappa shape index (κ3) is 8.66. The minimum atomic E-state index is -0.613. The van der Waals surface area contributed by atoms with Gasteiger partial charge >= 0.3 is 11.8 Å². The van der Waals surface area contributed by atoms with Gasteiger partial charge in [0, 0.05) is 41.0 Å². The third-order valence-electron chi connectivity index (χ3n) is 7.85. The van der Waals surface area contributed by atoms with Gasteiger partial charge in [0.25, 0.3) is 5.69 Å². The molecule has 13 heteroatoms. The summed E-state index contributed by atoms with van der Waals surface area (Å²) in [6.45, 7) is 20.9. The number of hydrogen-bond donors (Lipinski definition) is 2. The molecule has 0 saturated carbocycles. The van der Waals surface area contributed by atoms with Gasteiger partial charge in [-0.1, -0.05) is 74.0 Å². The number of nitro benzene ring substituents is 1. The van der Waals surface area contributed by atoms with E-state index in [4.69, 9.17) is 4.52 Å². The molecular weight excluding hydrogens is 598 g/mol. The number of hydrogen-bond acceptors (Lipinski definition) is 9. The summed E-state index contributed by atoms with van der Waals surface area (Å²) >= 11 is 0. The highest BCUT2D eigenvalue weighted by atomic mass is 16.6. The van der Waals surface area contributed by atoms with Crippen LogP contribution in [0.3, 0.4) is 0 Å². The topological polar surface area (TPSA) is 171 Å². The lowest BCUT2D eigenvalue weighted by Crippen LogP contribution is -2.24. The zero-order valence-corrected chi connectivity index (χ0v) is 28.2. The molecule has 5 aromatic rings. The van der Waals surface area contributed by atoms with Crippen LogP contribution >= 0.6 is 0 Å². The Morgan fingerprint density at radius 3 is 2.30 bits per heavy atom. The summed E-state index contributed by atoms with van der Waals surface area (Å²) in [6, 6.07) is 6.81. The van der Waals surface area contributed by atoms with Gasteiger partial charge in [-0.3, -0.25) is 19.6 Å². The van der Waals surface area contributed by atoms with E-state index in [-0.39, 0.29) is 37.0 Å². The first kappa shape index (κ1) is 36.5. The van der Waals surface area contributed by atoms with Gasteiger partial charge in [-0.25, -0.2) is 9.97 Å². The van der Waals surface area contributed by atoms with Crippen molar-refractivity contribution in [3.63, 3.8) is 0 Å². The molecule has 0 atom stereocenters. The van der Waals surface area contributed by atoms with Crippen LogP contribution in [-0.4, -0.2) is 45.7 Å². The molecule has 0 bridgehead atoms. The van der Waals surface area contributed by atoms with Gasteiger partial charge in [-0.2, -0.15) is 10.1 Å². The predicted molar refractivity (Wildman–Crippen MR) is 183 cm³/mol. The largest absolute Gasteiger partial charge is 0.343 e. The molecule has 0 spiro atoms. The zero-order valence-electron chi connectivity index (χ0n) is 28.2. The van der Waals surface area contributed by atoms with Gasteiger partial charge in [0.05, 0.1) is 28.7 Å². The lowest BCUT2D eigenvalue weighted by molar-refractivity contribution is -0.385. The van der Waals surface area contributed by atoms with Crippen molar-refractivity contribution in [3.8, 4) is 22.5 Å². The van der Waals surface area contributed by atoms with E-state index in [9.17, 15) is 14.9 Å². The zero-order chi connectivity index (χ0) is 34.0. The van der Waals surface area contributed by atoms with Crippen LogP contribution in [0.5, 0.6) is 0 Å². The fourth-order valence-corrected chi connectivity index (χ4v) is 3.95. The van der Waals surface area contributed by atoms with Crippen molar-refractivity contribution in [1.82, 2.24) is 40.2 Å². The average Bonchev–Trinajstić information content (AvgIpc) is 3.74. The van der Waals surface area contributed by atoms with Crippen LogP contribution in [0.2, 0.25) is 0 Å². The second kappa shape index (κ2) is 14.2. The Morgan fingerprint density at radius 1 is 1.06 bits per heavy atom. The lowest BCUT2D eigenvalue weighted by Gasteiger charge is -2.22. The molecule has 0 saturated heterocycles. The predicted octanol–water partition coefficient (Wildman–Crippen LogP) is 7.91. The van der Waals surface area contributed by atoms with Crippen molar-refractivity contribution in [2.75, 3.05) is 0 Å². The summed E-state index contributed by atoms with van der Waals surface area (Å²) in [5.74, 6) is 0.974. The molecule has 0 unspecified atom stereocenters. The molecule has 0 aliphatic heterocycles. The fraction of sp³-hybridized carbons (Fsp3) is 0.471. The summed E-state index contributed by atoms with van der Waals surface area (Å²) in [5, 5.41) is 22.8. The Morgan fingerprint density at radius 2 is 1.74 bits per heavy atom. The molecule has 1 aromatic carbocycles. The van der Waals surface area contributed by atoms with E-state index in [0.717, 1.165) is 11.5 Å². The molecule has 13 nitrogen and oxygen atoms in total. The minimum Gasteiger partial charge on any atom is -0.343 e. The number of rotatable bonds is 7. The second-order valence-electron chi connectivity index (χ2n) is 13.9. The number of aromatic amines is 1. The summed E-state index contributed by atoms with van der Waals surface area (Å²) in [5.41, 5.74) is 3.53. The SMILES string of the molecule is C.CC(C)C(C)(C)C.CC(C)n1cc(-c2nc3nccc(-c4ccc(CNC(=O)c5nc(C(C)(C)C)no5)c([N+](=O)[O-])c4)c3[nH]2)cn1. The number of nitrogens with one attached hydrogen (secondary N) is 2. The maximum absolute atomic E-state index is 12.5. The van der Waals surface area contributed by atoms with Gasteiger partial charge in [-0.05, 0) is 42.9 Å². The monoisotopic (exact) mass is 645 g/mol. The quantitative estimate of drug-likeness (QED) is 0.132. The number of H-pyrrole nitrogens is 1. The van der Waals surface area contributed by atoms with Gasteiger partial charge in [0.1, 0.15) is 5.82 Å². The van der Waals surface area contributed by atoms with Crippen molar-refractivity contribution in [1.29, 1.82) is 0 Å². The highest BCUT2D eigenvalue weighted by Crippen LogP contribution is 2.32. The summed E-state index contributed by atoms with van der Waals surface area (Å²) in [6.07, 6.45) is 5.23. The number of nitrogens with zero attached hydrogens (tertiary/aromatic N) is 7. The van der Waals surface area contributed by atoms with Gasteiger partial charge in [0.2, 0.25) is 0 Å². The van der Waals surface area contributed by atoms with Crippen LogP contribution in [0, 0.1) is 21.4 Å². The minimum absolute atomic E-state index is 0. The van der Waals surface area contributed by atoms with Crippen LogP contribution in [0.15, 0.2) is 47.4 Å². The van der Waals surface area contributed by atoms with Crippen molar-refractivity contribution in [2.45, 2.75) is 94.7 Å². The van der Waals surface area contributed by atoms with E-state index in [1.807, 2.05) is 45.5 Å². The van der Waals surface area contributed by atoms with Crippen LogP contribution < -0.4 is 5.32 Å². The van der Waals surface area contributed by atoms with Crippen molar-refractivity contribution >= 4 is 22.8 Å². The number of carbonyl (C=O) groups is 1. The average molecular weight is 646 g/mol. The molecule has 252 valence electrons. The Balaban J connectivity index is 0.000000677. The first-order valence-electron chi connectivity index (χ1n) is 15.2. The van der Waals surface area contributed by atoms with Gasteiger partial charge < -0.3 is 14.8 Å². The number of benzene rings is 1.